The highest BCUT2D eigenvalue weighted by Gasteiger charge is 2.29. The van der Waals surface area contributed by atoms with E-state index < -0.39 is 5.41 Å². The quantitative estimate of drug-likeness (QED) is 0.790. The van der Waals surface area contributed by atoms with Gasteiger partial charge in [-0.1, -0.05) is 36.8 Å². The third kappa shape index (κ3) is 2.83. The van der Waals surface area contributed by atoms with E-state index in [1.807, 2.05) is 38.1 Å². The van der Waals surface area contributed by atoms with Gasteiger partial charge in [0.25, 0.3) is 0 Å². The molecule has 0 amide bonds. The van der Waals surface area contributed by atoms with Crippen molar-refractivity contribution in [2.75, 3.05) is 13.7 Å². The molecule has 1 N–H and O–H groups in total. The van der Waals surface area contributed by atoms with Gasteiger partial charge in [-0.05, 0) is 12.5 Å². The lowest BCUT2D eigenvalue weighted by molar-refractivity contribution is -0.142. The maximum Gasteiger partial charge on any atom is 0.306 e. The van der Waals surface area contributed by atoms with E-state index in [1.165, 1.54) is 7.11 Å². The van der Waals surface area contributed by atoms with Gasteiger partial charge < -0.3 is 9.84 Å². The Bertz CT molecular complexity index is 356. The largest absolute Gasteiger partial charge is 0.469 e. The molecular formula is C13H18O3. The number of ether oxygens (including phenoxy) is 1. The van der Waals surface area contributed by atoms with Crippen molar-refractivity contribution in [2.45, 2.75) is 25.7 Å². The molecule has 88 valence electrons. The average molecular weight is 222 g/mol. The van der Waals surface area contributed by atoms with Gasteiger partial charge in [-0.25, -0.2) is 0 Å². The summed E-state index contributed by atoms with van der Waals surface area (Å²) in [5.41, 5.74) is 1.54. The molecule has 1 aromatic rings. The summed E-state index contributed by atoms with van der Waals surface area (Å²) in [4.78, 5) is 11.3. The summed E-state index contributed by atoms with van der Waals surface area (Å²) < 4.78 is 4.64. The predicted molar refractivity (Wildman–Crippen MR) is 62.2 cm³/mol. The molecule has 0 aliphatic carbocycles. The SMILES string of the molecule is COC(=O)CC(C)(CO)c1ccc(C)cc1. The van der Waals surface area contributed by atoms with Crippen LogP contribution in [0.2, 0.25) is 0 Å². The fraction of sp³-hybridized carbons (Fsp3) is 0.462. The first-order valence-corrected chi connectivity index (χ1v) is 5.26. The molecule has 0 heterocycles. The molecule has 3 nitrogen and oxygen atoms in total. The Morgan fingerprint density at radius 2 is 1.94 bits per heavy atom. The second-order valence-corrected chi connectivity index (χ2v) is 4.34. The standard InChI is InChI=1S/C13H18O3/c1-10-4-6-11(7-5-10)13(2,9-14)8-12(15)16-3/h4-7,14H,8-9H2,1-3H3. The summed E-state index contributed by atoms with van der Waals surface area (Å²) in [5.74, 6) is -0.308. The normalized spacial score (nSPS) is 14.2. The molecule has 0 fully saturated rings. The summed E-state index contributed by atoms with van der Waals surface area (Å²) in [7, 11) is 1.36. The van der Waals surface area contributed by atoms with Crippen molar-refractivity contribution in [3.05, 3.63) is 35.4 Å². The smallest absolute Gasteiger partial charge is 0.306 e. The zero-order valence-electron chi connectivity index (χ0n) is 9.99. The lowest BCUT2D eigenvalue weighted by Crippen LogP contribution is -2.30. The van der Waals surface area contributed by atoms with Gasteiger partial charge in [0.1, 0.15) is 0 Å². The van der Waals surface area contributed by atoms with Crippen molar-refractivity contribution in [1.82, 2.24) is 0 Å². The molecule has 1 unspecified atom stereocenters. The molecule has 0 spiro atoms. The molecule has 0 aliphatic heterocycles. The minimum Gasteiger partial charge on any atom is -0.469 e. The van der Waals surface area contributed by atoms with Crippen molar-refractivity contribution in [1.29, 1.82) is 0 Å². The Morgan fingerprint density at radius 1 is 1.38 bits per heavy atom. The number of benzene rings is 1. The number of aryl methyl sites for hydroxylation is 1. The zero-order chi connectivity index (χ0) is 12.2. The molecule has 0 aromatic heterocycles. The minimum atomic E-state index is -0.569. The number of aliphatic hydroxyl groups is 1. The van der Waals surface area contributed by atoms with Crippen LogP contribution in [-0.2, 0) is 14.9 Å². The van der Waals surface area contributed by atoms with Crippen LogP contribution in [0.25, 0.3) is 0 Å². The first-order chi connectivity index (χ1) is 7.51. The van der Waals surface area contributed by atoms with Crippen LogP contribution in [0.3, 0.4) is 0 Å². The maximum absolute atomic E-state index is 11.3. The van der Waals surface area contributed by atoms with E-state index in [9.17, 15) is 9.90 Å². The third-order valence-electron chi connectivity index (χ3n) is 2.86. The summed E-state index contributed by atoms with van der Waals surface area (Å²) in [6, 6.07) is 7.82. The Hall–Kier alpha value is -1.35. The molecule has 0 saturated carbocycles. The second-order valence-electron chi connectivity index (χ2n) is 4.34. The number of hydrogen-bond acceptors (Lipinski definition) is 3. The third-order valence-corrected chi connectivity index (χ3v) is 2.86. The molecule has 1 rings (SSSR count). The first-order valence-electron chi connectivity index (χ1n) is 5.26. The zero-order valence-corrected chi connectivity index (χ0v) is 9.99. The number of esters is 1. The molecule has 0 radical (unpaired) electrons. The van der Waals surface area contributed by atoms with E-state index in [0.29, 0.717) is 0 Å². The van der Waals surface area contributed by atoms with Crippen molar-refractivity contribution in [3.8, 4) is 0 Å². The number of aliphatic hydroxyl groups excluding tert-OH is 1. The van der Waals surface area contributed by atoms with Crippen LogP contribution in [0.4, 0.5) is 0 Å². The number of carbonyl (C=O) groups is 1. The highest BCUT2D eigenvalue weighted by molar-refractivity contribution is 5.71. The Kier molecular flexibility index (Phi) is 4.07. The van der Waals surface area contributed by atoms with Crippen molar-refractivity contribution < 1.29 is 14.6 Å². The molecule has 1 atom stereocenters. The number of rotatable bonds is 4. The summed E-state index contributed by atoms with van der Waals surface area (Å²) in [6.45, 7) is 3.78. The van der Waals surface area contributed by atoms with Gasteiger partial charge in [0.15, 0.2) is 0 Å². The maximum atomic E-state index is 11.3. The summed E-state index contributed by atoms with van der Waals surface area (Å²) in [5, 5.41) is 9.44. The topological polar surface area (TPSA) is 46.5 Å². The Labute approximate surface area is 96.1 Å². The molecule has 16 heavy (non-hydrogen) atoms. The van der Waals surface area contributed by atoms with Crippen molar-refractivity contribution in [2.24, 2.45) is 0 Å². The van der Waals surface area contributed by atoms with Crippen LogP contribution in [-0.4, -0.2) is 24.8 Å². The van der Waals surface area contributed by atoms with E-state index in [2.05, 4.69) is 4.74 Å². The summed E-state index contributed by atoms with van der Waals surface area (Å²) >= 11 is 0. The lowest BCUT2D eigenvalue weighted by Gasteiger charge is -2.26. The number of hydrogen-bond donors (Lipinski definition) is 1. The molecular weight excluding hydrogens is 204 g/mol. The van der Waals surface area contributed by atoms with E-state index in [-0.39, 0.29) is 19.0 Å². The van der Waals surface area contributed by atoms with Crippen LogP contribution in [0.15, 0.2) is 24.3 Å². The second kappa shape index (κ2) is 5.12. The van der Waals surface area contributed by atoms with Gasteiger partial charge in [0.05, 0.1) is 20.1 Å². The molecule has 1 aromatic carbocycles. The molecule has 3 heteroatoms. The van der Waals surface area contributed by atoms with Crippen molar-refractivity contribution in [3.63, 3.8) is 0 Å². The summed E-state index contributed by atoms with van der Waals surface area (Å²) in [6.07, 6.45) is 0.184. The fourth-order valence-electron chi connectivity index (χ4n) is 1.60. The lowest BCUT2D eigenvalue weighted by atomic mass is 9.80. The van der Waals surface area contributed by atoms with Crippen LogP contribution < -0.4 is 0 Å². The molecule has 0 saturated heterocycles. The minimum absolute atomic E-state index is 0.0782. The van der Waals surface area contributed by atoms with Gasteiger partial charge in [0, 0.05) is 5.41 Å². The monoisotopic (exact) mass is 222 g/mol. The first kappa shape index (κ1) is 12.7. The van der Waals surface area contributed by atoms with Crippen molar-refractivity contribution >= 4 is 5.97 Å². The number of methoxy groups -OCH3 is 1. The molecule has 0 bridgehead atoms. The van der Waals surface area contributed by atoms with E-state index in [0.717, 1.165) is 11.1 Å². The van der Waals surface area contributed by atoms with Gasteiger partial charge in [-0.15, -0.1) is 0 Å². The van der Waals surface area contributed by atoms with E-state index >= 15 is 0 Å². The van der Waals surface area contributed by atoms with Gasteiger partial charge in [-0.2, -0.15) is 0 Å². The van der Waals surface area contributed by atoms with Crippen LogP contribution in [0, 0.1) is 6.92 Å². The Balaban J connectivity index is 2.95. The highest BCUT2D eigenvalue weighted by atomic mass is 16.5. The number of carbonyl (C=O) groups excluding carboxylic acids is 1. The Morgan fingerprint density at radius 3 is 2.38 bits per heavy atom. The van der Waals surface area contributed by atoms with Gasteiger partial charge in [0.2, 0.25) is 0 Å². The predicted octanol–water partition coefficient (Wildman–Crippen LogP) is 1.81. The average Bonchev–Trinajstić information content (AvgIpc) is 2.29. The van der Waals surface area contributed by atoms with Crippen LogP contribution >= 0.6 is 0 Å². The molecule has 0 aliphatic rings. The highest BCUT2D eigenvalue weighted by Crippen LogP contribution is 2.27. The van der Waals surface area contributed by atoms with E-state index in [4.69, 9.17) is 0 Å². The van der Waals surface area contributed by atoms with E-state index in [1.54, 1.807) is 0 Å². The van der Waals surface area contributed by atoms with Crippen LogP contribution in [0.5, 0.6) is 0 Å². The fourth-order valence-corrected chi connectivity index (χ4v) is 1.60. The van der Waals surface area contributed by atoms with Gasteiger partial charge >= 0.3 is 5.97 Å². The van der Waals surface area contributed by atoms with Gasteiger partial charge in [-0.3, -0.25) is 4.79 Å². The van der Waals surface area contributed by atoms with Crippen LogP contribution in [0.1, 0.15) is 24.5 Å².